The number of aryl methyl sites for hydroxylation is 2. The summed E-state index contributed by atoms with van der Waals surface area (Å²) in [7, 11) is 0. The number of fused-ring (bicyclic) bond motifs is 1. The molecule has 1 saturated heterocycles. The van der Waals surface area contributed by atoms with E-state index in [-0.39, 0.29) is 11.8 Å². The molecule has 1 atom stereocenters. The first kappa shape index (κ1) is 21.3. The molecule has 2 aromatic carbocycles. The molecule has 0 saturated carbocycles. The van der Waals surface area contributed by atoms with Gasteiger partial charge in [-0.2, -0.15) is 5.10 Å². The summed E-state index contributed by atoms with van der Waals surface area (Å²) in [5.41, 5.74) is 5.83. The number of aromatic nitrogens is 3. The van der Waals surface area contributed by atoms with Crippen molar-refractivity contribution >= 4 is 16.8 Å². The van der Waals surface area contributed by atoms with Gasteiger partial charge in [0.05, 0.1) is 30.1 Å². The number of amides is 1. The molecule has 1 amide bonds. The molecule has 168 valence electrons. The smallest absolute Gasteiger partial charge is 0.254 e. The third-order valence-electron chi connectivity index (χ3n) is 6.16. The molecule has 0 bridgehead atoms. The van der Waals surface area contributed by atoms with Crippen molar-refractivity contribution < 1.29 is 9.53 Å². The molecule has 0 spiro atoms. The van der Waals surface area contributed by atoms with Gasteiger partial charge >= 0.3 is 0 Å². The largest absolute Gasteiger partial charge is 0.379 e. The van der Waals surface area contributed by atoms with Gasteiger partial charge in [0.25, 0.3) is 5.91 Å². The van der Waals surface area contributed by atoms with E-state index < -0.39 is 0 Å². The van der Waals surface area contributed by atoms with Crippen LogP contribution in [0.15, 0.2) is 66.9 Å². The van der Waals surface area contributed by atoms with Crippen LogP contribution in [0.5, 0.6) is 0 Å². The Kier molecular flexibility index (Phi) is 5.92. The molecule has 1 aliphatic heterocycles. The van der Waals surface area contributed by atoms with E-state index >= 15 is 0 Å². The van der Waals surface area contributed by atoms with E-state index in [0.717, 1.165) is 34.4 Å². The van der Waals surface area contributed by atoms with E-state index in [1.54, 1.807) is 0 Å². The number of carbonyl (C=O) groups excluding carboxylic acids is 1. The number of hydrogen-bond acceptors (Lipinski definition) is 4. The maximum absolute atomic E-state index is 13.4. The molecule has 6 nitrogen and oxygen atoms in total. The lowest BCUT2D eigenvalue weighted by molar-refractivity contribution is 0.0737. The van der Waals surface area contributed by atoms with Crippen LogP contribution in [0, 0.1) is 19.8 Å². The molecule has 0 radical (unpaired) electrons. The molecule has 0 N–H and O–H groups in total. The summed E-state index contributed by atoms with van der Waals surface area (Å²) >= 11 is 0. The van der Waals surface area contributed by atoms with Gasteiger partial charge in [0.2, 0.25) is 0 Å². The molecular weight excluding hydrogens is 412 g/mol. The highest BCUT2D eigenvalue weighted by Crippen LogP contribution is 2.21. The summed E-state index contributed by atoms with van der Waals surface area (Å²) in [6.45, 7) is 6.48. The van der Waals surface area contributed by atoms with Crippen molar-refractivity contribution in [2.24, 2.45) is 5.92 Å². The second-order valence-electron chi connectivity index (χ2n) is 8.82. The van der Waals surface area contributed by atoms with Gasteiger partial charge in [0.1, 0.15) is 0 Å². The van der Waals surface area contributed by atoms with Crippen molar-refractivity contribution in [1.82, 2.24) is 19.7 Å². The minimum Gasteiger partial charge on any atom is -0.379 e. The average molecular weight is 441 g/mol. The molecule has 1 aliphatic rings. The van der Waals surface area contributed by atoms with E-state index in [9.17, 15) is 4.79 Å². The molecule has 0 unspecified atom stereocenters. The van der Waals surface area contributed by atoms with Crippen molar-refractivity contribution in [3.05, 3.63) is 89.4 Å². The Morgan fingerprint density at radius 3 is 2.85 bits per heavy atom. The van der Waals surface area contributed by atoms with Crippen molar-refractivity contribution in [3.63, 3.8) is 0 Å². The standard InChI is InChI=1S/C27H28N4O2/c1-19-13-20(2)31(29-19)25-7-3-5-24(16-25)27(32)30-11-12-33-18-22(17-30)14-21-8-9-26-23(15-21)6-4-10-28-26/h3-10,13,15-16,22H,11-12,14,17-18H2,1-2H3/t22-/m0/s1. The summed E-state index contributed by atoms with van der Waals surface area (Å²) < 4.78 is 7.76. The van der Waals surface area contributed by atoms with Gasteiger partial charge in [-0.05, 0) is 68.3 Å². The summed E-state index contributed by atoms with van der Waals surface area (Å²) in [4.78, 5) is 19.8. The van der Waals surface area contributed by atoms with Crippen LogP contribution in [0.25, 0.3) is 16.6 Å². The quantitative estimate of drug-likeness (QED) is 0.473. The summed E-state index contributed by atoms with van der Waals surface area (Å²) in [5, 5.41) is 5.69. The van der Waals surface area contributed by atoms with Crippen LogP contribution < -0.4 is 0 Å². The Morgan fingerprint density at radius 1 is 1.09 bits per heavy atom. The first-order chi connectivity index (χ1) is 16.1. The predicted molar refractivity (Wildman–Crippen MR) is 129 cm³/mol. The van der Waals surface area contributed by atoms with Crippen LogP contribution in [0.1, 0.15) is 27.3 Å². The summed E-state index contributed by atoms with van der Waals surface area (Å²) in [6.07, 6.45) is 2.68. The maximum atomic E-state index is 13.4. The van der Waals surface area contributed by atoms with Crippen LogP contribution in [-0.4, -0.2) is 51.9 Å². The van der Waals surface area contributed by atoms with E-state index in [2.05, 4.69) is 34.3 Å². The number of rotatable bonds is 4. The van der Waals surface area contributed by atoms with Crippen LogP contribution >= 0.6 is 0 Å². The van der Waals surface area contributed by atoms with Crippen LogP contribution in [0.4, 0.5) is 0 Å². The van der Waals surface area contributed by atoms with E-state index in [1.807, 2.05) is 66.0 Å². The van der Waals surface area contributed by atoms with Crippen molar-refractivity contribution in [2.45, 2.75) is 20.3 Å². The molecule has 6 heteroatoms. The van der Waals surface area contributed by atoms with Gasteiger partial charge in [-0.25, -0.2) is 4.68 Å². The second kappa shape index (κ2) is 9.16. The Labute approximate surface area is 193 Å². The molecule has 2 aromatic heterocycles. The van der Waals surface area contributed by atoms with E-state index in [4.69, 9.17) is 4.74 Å². The van der Waals surface area contributed by atoms with Gasteiger partial charge in [0, 0.05) is 41.8 Å². The van der Waals surface area contributed by atoms with Crippen molar-refractivity contribution in [3.8, 4) is 5.69 Å². The monoisotopic (exact) mass is 440 g/mol. The van der Waals surface area contributed by atoms with Crippen molar-refractivity contribution in [1.29, 1.82) is 0 Å². The minimum atomic E-state index is 0.0385. The van der Waals surface area contributed by atoms with Crippen LogP contribution in [-0.2, 0) is 11.2 Å². The van der Waals surface area contributed by atoms with Gasteiger partial charge in [0.15, 0.2) is 0 Å². The van der Waals surface area contributed by atoms with Crippen molar-refractivity contribution in [2.75, 3.05) is 26.3 Å². The predicted octanol–water partition coefficient (Wildman–Crippen LogP) is 4.37. The number of nitrogens with zero attached hydrogens (tertiary/aromatic N) is 4. The summed E-state index contributed by atoms with van der Waals surface area (Å²) in [5.74, 6) is 0.279. The van der Waals surface area contributed by atoms with Gasteiger partial charge < -0.3 is 9.64 Å². The molecule has 33 heavy (non-hydrogen) atoms. The topological polar surface area (TPSA) is 60.2 Å². The maximum Gasteiger partial charge on any atom is 0.254 e. The lowest BCUT2D eigenvalue weighted by Gasteiger charge is -2.24. The Hall–Kier alpha value is -3.51. The SMILES string of the molecule is Cc1cc(C)n(-c2cccc(C(=O)N3CCOC[C@@H](Cc4ccc5ncccc5c4)C3)c2)n1. The highest BCUT2D eigenvalue weighted by Gasteiger charge is 2.24. The number of benzene rings is 2. The Bertz CT molecular complexity index is 1300. The Morgan fingerprint density at radius 2 is 2.00 bits per heavy atom. The number of pyridine rings is 1. The molecule has 3 heterocycles. The zero-order valence-corrected chi connectivity index (χ0v) is 19.1. The lowest BCUT2D eigenvalue weighted by atomic mass is 9.98. The van der Waals surface area contributed by atoms with Gasteiger partial charge in [-0.1, -0.05) is 18.2 Å². The van der Waals surface area contributed by atoms with E-state index in [1.165, 1.54) is 5.56 Å². The summed E-state index contributed by atoms with van der Waals surface area (Å²) in [6, 6.07) is 20.2. The normalized spacial score (nSPS) is 16.7. The minimum absolute atomic E-state index is 0.0385. The van der Waals surface area contributed by atoms with Crippen LogP contribution in [0.2, 0.25) is 0 Å². The zero-order chi connectivity index (χ0) is 22.8. The first-order valence-corrected chi connectivity index (χ1v) is 11.4. The fourth-order valence-electron chi connectivity index (χ4n) is 4.62. The molecule has 0 aliphatic carbocycles. The lowest BCUT2D eigenvalue weighted by Crippen LogP contribution is -2.36. The zero-order valence-electron chi connectivity index (χ0n) is 19.1. The van der Waals surface area contributed by atoms with Crippen LogP contribution in [0.3, 0.4) is 0 Å². The molecule has 5 rings (SSSR count). The second-order valence-corrected chi connectivity index (χ2v) is 8.82. The number of hydrogen-bond donors (Lipinski definition) is 0. The number of ether oxygens (including phenoxy) is 1. The fourth-order valence-corrected chi connectivity index (χ4v) is 4.62. The Balaban J connectivity index is 1.33. The van der Waals surface area contributed by atoms with E-state index in [0.29, 0.717) is 31.9 Å². The average Bonchev–Trinajstić information content (AvgIpc) is 3.02. The third-order valence-corrected chi connectivity index (χ3v) is 6.16. The molecule has 1 fully saturated rings. The highest BCUT2D eigenvalue weighted by atomic mass is 16.5. The highest BCUT2D eigenvalue weighted by molar-refractivity contribution is 5.94. The first-order valence-electron chi connectivity index (χ1n) is 11.4. The number of carbonyl (C=O) groups is 1. The third kappa shape index (κ3) is 4.66. The molecular formula is C27H28N4O2. The molecule has 4 aromatic rings. The fraction of sp³-hybridized carbons (Fsp3) is 0.296. The van der Waals surface area contributed by atoms with Gasteiger partial charge in [-0.3, -0.25) is 9.78 Å². The van der Waals surface area contributed by atoms with Gasteiger partial charge in [-0.15, -0.1) is 0 Å².